The van der Waals surface area contributed by atoms with Crippen LogP contribution >= 0.6 is 23.2 Å². The van der Waals surface area contributed by atoms with Crippen LogP contribution in [0, 0.1) is 17.7 Å². The standard InChI is InChI=1S/C32H31Cl2FN4O6/c1-37-15-23(30(41)38(2)32(37)44)29(40)36-25-9-5-8-21(28(25)34)20-7-4-6-19(27(20)33)18-12-24(35)22(26(13-18)45-3)16-39-11-10-17(14-39)31(42)43/h4-9,12-13,17,23H,10-11,14-16H2,1-3H3,(H,36,40)(H,42,43)/t17-,23?/m1/s1. The Morgan fingerprint density at radius 2 is 1.69 bits per heavy atom. The van der Waals surface area contributed by atoms with Crippen LogP contribution < -0.4 is 10.1 Å². The SMILES string of the molecule is COc1cc(-c2cccc(-c3cccc(NC(=O)C4CN(C)C(=O)N(C)C4=O)c3Cl)c2Cl)cc(F)c1CN1CC[C@@H](C(=O)O)C1. The number of rotatable bonds is 8. The van der Waals surface area contributed by atoms with Crippen LogP contribution in [0.25, 0.3) is 22.3 Å². The number of amides is 4. The molecule has 3 aromatic carbocycles. The van der Waals surface area contributed by atoms with Crippen molar-refractivity contribution < 1.29 is 33.4 Å². The number of anilines is 1. The summed E-state index contributed by atoms with van der Waals surface area (Å²) in [5.41, 5.74) is 2.56. The summed E-state index contributed by atoms with van der Waals surface area (Å²) < 4.78 is 21.1. The zero-order valence-electron chi connectivity index (χ0n) is 24.8. The fourth-order valence-corrected chi connectivity index (χ4v) is 6.34. The molecule has 2 aliphatic rings. The molecule has 3 aromatic rings. The maximum atomic E-state index is 15.6. The van der Waals surface area contributed by atoms with Crippen molar-refractivity contribution in [1.82, 2.24) is 14.7 Å². The number of aliphatic carboxylic acids is 1. The van der Waals surface area contributed by atoms with E-state index in [1.165, 1.54) is 32.2 Å². The summed E-state index contributed by atoms with van der Waals surface area (Å²) >= 11 is 13.7. The van der Waals surface area contributed by atoms with Crippen molar-refractivity contribution in [3.05, 3.63) is 70.0 Å². The molecule has 10 nitrogen and oxygen atoms in total. The van der Waals surface area contributed by atoms with E-state index in [1.54, 1.807) is 42.5 Å². The molecule has 13 heteroatoms. The third kappa shape index (κ3) is 6.33. The molecule has 0 aliphatic carbocycles. The second-order valence-electron chi connectivity index (χ2n) is 11.1. The van der Waals surface area contributed by atoms with Gasteiger partial charge in [-0.3, -0.25) is 24.2 Å². The van der Waals surface area contributed by atoms with Gasteiger partial charge in [-0.15, -0.1) is 0 Å². The van der Waals surface area contributed by atoms with Crippen molar-refractivity contribution >= 4 is 52.7 Å². The molecule has 0 saturated carbocycles. The summed E-state index contributed by atoms with van der Waals surface area (Å²) in [4.78, 5) is 53.2. The lowest BCUT2D eigenvalue weighted by Crippen LogP contribution is -2.56. The molecule has 2 fully saturated rings. The number of nitrogens with one attached hydrogen (secondary N) is 1. The topological polar surface area (TPSA) is 119 Å². The lowest BCUT2D eigenvalue weighted by atomic mass is 9.97. The van der Waals surface area contributed by atoms with E-state index in [0.29, 0.717) is 53.1 Å². The number of carboxylic acid groups (broad SMARTS) is 1. The van der Waals surface area contributed by atoms with Gasteiger partial charge in [0.25, 0.3) is 0 Å². The number of carboxylic acids is 1. The number of carbonyl (C=O) groups excluding carboxylic acids is 3. The molecule has 2 saturated heterocycles. The number of ether oxygens (including phenoxy) is 1. The van der Waals surface area contributed by atoms with Crippen molar-refractivity contribution in [2.45, 2.75) is 13.0 Å². The molecule has 236 valence electrons. The van der Waals surface area contributed by atoms with Crippen LogP contribution in [0.15, 0.2) is 48.5 Å². The lowest BCUT2D eigenvalue weighted by Gasteiger charge is -2.33. The number of halogens is 3. The van der Waals surface area contributed by atoms with E-state index < -0.39 is 41.5 Å². The smallest absolute Gasteiger partial charge is 0.326 e. The quantitative estimate of drug-likeness (QED) is 0.309. The summed E-state index contributed by atoms with van der Waals surface area (Å²) in [5.74, 6) is -3.88. The van der Waals surface area contributed by atoms with Crippen LogP contribution in [0.4, 0.5) is 14.9 Å². The summed E-state index contributed by atoms with van der Waals surface area (Å²) in [5, 5.41) is 12.5. The van der Waals surface area contributed by atoms with Crippen LogP contribution in [-0.2, 0) is 20.9 Å². The molecular weight excluding hydrogens is 626 g/mol. The van der Waals surface area contributed by atoms with Gasteiger partial charge in [0.2, 0.25) is 11.8 Å². The Labute approximate surface area is 269 Å². The second kappa shape index (κ2) is 13.0. The van der Waals surface area contributed by atoms with Gasteiger partial charge in [-0.25, -0.2) is 9.18 Å². The molecule has 2 N–H and O–H groups in total. The summed E-state index contributed by atoms with van der Waals surface area (Å²) in [6.45, 7) is 1.01. The maximum Gasteiger partial charge on any atom is 0.326 e. The van der Waals surface area contributed by atoms with Gasteiger partial charge in [0.15, 0.2) is 0 Å². The summed E-state index contributed by atoms with van der Waals surface area (Å²) in [7, 11) is 4.27. The van der Waals surface area contributed by atoms with Gasteiger partial charge < -0.3 is 20.1 Å². The van der Waals surface area contributed by atoms with Gasteiger partial charge in [-0.05, 0) is 36.7 Å². The van der Waals surface area contributed by atoms with E-state index in [4.69, 9.17) is 27.9 Å². The monoisotopic (exact) mass is 656 g/mol. The maximum absolute atomic E-state index is 15.6. The molecule has 2 heterocycles. The summed E-state index contributed by atoms with van der Waals surface area (Å²) in [6.07, 6.45) is 0.502. The minimum absolute atomic E-state index is 0.0707. The fraction of sp³-hybridized carbons (Fsp3) is 0.312. The largest absolute Gasteiger partial charge is 0.496 e. The Morgan fingerprint density at radius 3 is 2.36 bits per heavy atom. The van der Waals surface area contributed by atoms with Gasteiger partial charge in [-0.2, -0.15) is 0 Å². The highest BCUT2D eigenvalue weighted by Gasteiger charge is 2.39. The van der Waals surface area contributed by atoms with E-state index in [9.17, 15) is 24.3 Å². The number of benzene rings is 3. The normalized spacial score (nSPS) is 18.8. The van der Waals surface area contributed by atoms with Gasteiger partial charge in [0, 0.05) is 56.0 Å². The number of hydrogen-bond donors (Lipinski definition) is 2. The van der Waals surface area contributed by atoms with Crippen LogP contribution in [0.1, 0.15) is 12.0 Å². The minimum Gasteiger partial charge on any atom is -0.496 e. The summed E-state index contributed by atoms with van der Waals surface area (Å²) in [6, 6.07) is 12.8. The molecule has 0 spiro atoms. The predicted molar refractivity (Wildman–Crippen MR) is 168 cm³/mol. The fourth-order valence-electron chi connectivity index (χ4n) is 5.73. The van der Waals surface area contributed by atoms with Crippen molar-refractivity contribution in [3.63, 3.8) is 0 Å². The van der Waals surface area contributed by atoms with Gasteiger partial charge in [-0.1, -0.05) is 53.5 Å². The van der Waals surface area contributed by atoms with Crippen LogP contribution in [0.5, 0.6) is 5.75 Å². The molecule has 2 atom stereocenters. The van der Waals surface area contributed by atoms with Crippen molar-refractivity contribution in [2.24, 2.45) is 11.8 Å². The Balaban J connectivity index is 1.42. The molecule has 0 bridgehead atoms. The highest BCUT2D eigenvalue weighted by molar-refractivity contribution is 6.39. The Bertz CT molecular complexity index is 1700. The third-order valence-corrected chi connectivity index (χ3v) is 9.06. The number of imide groups is 1. The number of nitrogens with zero attached hydrogens (tertiary/aromatic N) is 3. The molecule has 45 heavy (non-hydrogen) atoms. The van der Waals surface area contributed by atoms with Crippen LogP contribution in [-0.4, -0.2) is 84.5 Å². The molecule has 0 radical (unpaired) electrons. The van der Waals surface area contributed by atoms with Gasteiger partial charge in [0.1, 0.15) is 17.5 Å². The minimum atomic E-state index is -1.11. The highest BCUT2D eigenvalue weighted by Crippen LogP contribution is 2.43. The Kier molecular flexibility index (Phi) is 9.33. The highest BCUT2D eigenvalue weighted by atomic mass is 35.5. The molecule has 1 unspecified atom stereocenters. The molecule has 0 aromatic heterocycles. The molecular formula is C32H31Cl2FN4O6. The van der Waals surface area contributed by atoms with E-state index in [-0.39, 0.29) is 28.8 Å². The Morgan fingerprint density at radius 1 is 1.02 bits per heavy atom. The molecule has 5 rings (SSSR count). The predicted octanol–water partition coefficient (Wildman–Crippen LogP) is 5.46. The first-order chi connectivity index (χ1) is 21.4. The average molecular weight is 658 g/mol. The van der Waals surface area contributed by atoms with Crippen molar-refractivity contribution in [1.29, 1.82) is 0 Å². The van der Waals surface area contributed by atoms with Gasteiger partial charge in [0.05, 0.1) is 28.8 Å². The zero-order valence-corrected chi connectivity index (χ0v) is 26.3. The lowest BCUT2D eigenvalue weighted by molar-refractivity contribution is -0.142. The Hall–Kier alpha value is -4.19. The van der Waals surface area contributed by atoms with Crippen LogP contribution in [0.2, 0.25) is 10.0 Å². The third-order valence-electron chi connectivity index (χ3n) is 8.25. The van der Waals surface area contributed by atoms with Crippen molar-refractivity contribution in [3.8, 4) is 28.0 Å². The zero-order chi connectivity index (χ0) is 32.6. The number of urea groups is 1. The second-order valence-corrected chi connectivity index (χ2v) is 11.9. The van der Waals surface area contributed by atoms with E-state index in [1.807, 2.05) is 4.90 Å². The molecule has 4 amide bonds. The molecule has 2 aliphatic heterocycles. The van der Waals surface area contributed by atoms with E-state index in [0.717, 1.165) is 4.90 Å². The van der Waals surface area contributed by atoms with Crippen LogP contribution in [0.3, 0.4) is 0 Å². The number of hydrogen-bond acceptors (Lipinski definition) is 6. The van der Waals surface area contributed by atoms with Crippen molar-refractivity contribution in [2.75, 3.05) is 46.2 Å². The first kappa shape index (κ1) is 32.2. The number of methoxy groups -OCH3 is 1. The number of carbonyl (C=O) groups is 4. The number of likely N-dealkylation sites (tertiary alicyclic amines) is 1. The first-order valence-electron chi connectivity index (χ1n) is 14.1. The van der Waals surface area contributed by atoms with E-state index in [2.05, 4.69) is 5.32 Å². The van der Waals surface area contributed by atoms with E-state index >= 15 is 4.39 Å². The average Bonchev–Trinajstić information content (AvgIpc) is 3.49. The first-order valence-corrected chi connectivity index (χ1v) is 14.9. The van der Waals surface area contributed by atoms with Gasteiger partial charge >= 0.3 is 12.0 Å².